The van der Waals surface area contributed by atoms with Crippen molar-refractivity contribution in [3.63, 3.8) is 0 Å². The molecule has 1 fully saturated rings. The van der Waals surface area contributed by atoms with Gasteiger partial charge in [0.2, 0.25) is 0 Å². The molecule has 1 saturated heterocycles. The Hall–Kier alpha value is -2.70. The second-order valence-electron chi connectivity index (χ2n) is 4.80. The fraction of sp³-hybridized carbons (Fsp3) is 0.286. The number of rotatable bonds is 3. The van der Waals surface area contributed by atoms with Crippen LogP contribution in [-0.4, -0.2) is 47.0 Å². The molecule has 0 aromatic carbocycles. The molecule has 0 spiro atoms. The molecule has 108 valence electrons. The summed E-state index contributed by atoms with van der Waals surface area (Å²) in [5.41, 5.74) is 6.02. The molecule has 0 aliphatic carbocycles. The van der Waals surface area contributed by atoms with Crippen LogP contribution in [0.1, 0.15) is 5.69 Å². The molecule has 0 amide bonds. The Morgan fingerprint density at radius 3 is 2.33 bits per heavy atom. The van der Waals surface area contributed by atoms with Crippen LogP contribution >= 0.6 is 0 Å². The summed E-state index contributed by atoms with van der Waals surface area (Å²) in [7, 11) is 0. The van der Waals surface area contributed by atoms with E-state index in [0.717, 1.165) is 32.0 Å². The molecule has 7 heteroatoms. The number of piperazine rings is 1. The van der Waals surface area contributed by atoms with Crippen LogP contribution in [0.25, 0.3) is 0 Å². The first-order valence-electron chi connectivity index (χ1n) is 6.82. The molecule has 3 rings (SSSR count). The lowest BCUT2D eigenvalue weighted by Crippen LogP contribution is -2.47. The van der Waals surface area contributed by atoms with E-state index in [9.17, 15) is 0 Å². The lowest BCUT2D eigenvalue weighted by molar-refractivity contribution is 0.640. The van der Waals surface area contributed by atoms with Gasteiger partial charge in [-0.05, 0) is 12.1 Å². The number of anilines is 2. The van der Waals surface area contributed by atoms with Gasteiger partial charge < -0.3 is 15.5 Å². The fourth-order valence-corrected chi connectivity index (χ4v) is 2.44. The molecular formula is C14H17N7. The summed E-state index contributed by atoms with van der Waals surface area (Å²) in [5, 5.41) is 7.60. The first kappa shape index (κ1) is 13.3. The quantitative estimate of drug-likeness (QED) is 0.628. The third-order valence-electron chi connectivity index (χ3n) is 3.49. The summed E-state index contributed by atoms with van der Waals surface area (Å²) in [4.78, 5) is 17.2. The van der Waals surface area contributed by atoms with E-state index in [-0.39, 0.29) is 5.84 Å². The Morgan fingerprint density at radius 1 is 0.952 bits per heavy atom. The van der Waals surface area contributed by atoms with Gasteiger partial charge in [-0.2, -0.15) is 0 Å². The minimum atomic E-state index is -0.0507. The van der Waals surface area contributed by atoms with Gasteiger partial charge in [0.05, 0.1) is 0 Å². The van der Waals surface area contributed by atoms with Crippen LogP contribution < -0.4 is 15.5 Å². The highest BCUT2D eigenvalue weighted by molar-refractivity contribution is 5.97. The first-order chi connectivity index (χ1) is 10.3. The Kier molecular flexibility index (Phi) is 3.63. The maximum atomic E-state index is 7.60. The third-order valence-corrected chi connectivity index (χ3v) is 3.49. The number of pyridine rings is 1. The van der Waals surface area contributed by atoms with Crippen molar-refractivity contribution >= 4 is 17.5 Å². The van der Waals surface area contributed by atoms with Crippen molar-refractivity contribution in [2.45, 2.75) is 0 Å². The molecule has 3 N–H and O–H groups in total. The number of nitrogens with zero attached hydrogens (tertiary/aromatic N) is 5. The van der Waals surface area contributed by atoms with E-state index < -0.39 is 0 Å². The SMILES string of the molecule is N=C(N)c1nccnc1N1CCN(c2ccccn2)CC1. The van der Waals surface area contributed by atoms with E-state index in [0.29, 0.717) is 11.5 Å². The predicted octanol–water partition coefficient (Wildman–Crippen LogP) is 0.482. The molecular weight excluding hydrogens is 266 g/mol. The highest BCUT2D eigenvalue weighted by Gasteiger charge is 2.22. The average Bonchev–Trinajstić information content (AvgIpc) is 2.56. The number of aromatic nitrogens is 3. The minimum Gasteiger partial charge on any atom is -0.382 e. The van der Waals surface area contributed by atoms with Crippen LogP contribution in [0.15, 0.2) is 36.8 Å². The minimum absolute atomic E-state index is 0.0507. The van der Waals surface area contributed by atoms with Gasteiger partial charge in [0.25, 0.3) is 0 Å². The highest BCUT2D eigenvalue weighted by Crippen LogP contribution is 2.19. The van der Waals surface area contributed by atoms with E-state index in [1.54, 1.807) is 18.6 Å². The van der Waals surface area contributed by atoms with Crippen LogP contribution in [0.4, 0.5) is 11.6 Å². The van der Waals surface area contributed by atoms with E-state index >= 15 is 0 Å². The van der Waals surface area contributed by atoms with Crippen LogP contribution in [0.3, 0.4) is 0 Å². The molecule has 0 unspecified atom stereocenters. The number of hydrogen-bond donors (Lipinski definition) is 2. The van der Waals surface area contributed by atoms with Gasteiger partial charge in [0.15, 0.2) is 5.82 Å². The number of amidine groups is 1. The summed E-state index contributed by atoms with van der Waals surface area (Å²) >= 11 is 0. The van der Waals surface area contributed by atoms with Crippen molar-refractivity contribution in [1.82, 2.24) is 15.0 Å². The monoisotopic (exact) mass is 283 g/mol. The molecule has 7 nitrogen and oxygen atoms in total. The number of nitrogen functional groups attached to an aromatic ring is 1. The summed E-state index contributed by atoms with van der Waals surface area (Å²) < 4.78 is 0. The van der Waals surface area contributed by atoms with Gasteiger partial charge in [-0.3, -0.25) is 5.41 Å². The summed E-state index contributed by atoms with van der Waals surface area (Å²) in [6.07, 6.45) is 5.00. The van der Waals surface area contributed by atoms with E-state index in [1.807, 2.05) is 18.2 Å². The molecule has 1 aliphatic heterocycles. The van der Waals surface area contributed by atoms with Crippen molar-refractivity contribution in [2.24, 2.45) is 5.73 Å². The number of nitrogens with one attached hydrogen (secondary N) is 1. The molecule has 2 aromatic rings. The number of nitrogens with two attached hydrogens (primary N) is 1. The van der Waals surface area contributed by atoms with E-state index in [1.165, 1.54) is 0 Å². The molecule has 0 saturated carbocycles. The Morgan fingerprint density at radius 2 is 1.67 bits per heavy atom. The van der Waals surface area contributed by atoms with Crippen LogP contribution in [0.5, 0.6) is 0 Å². The normalized spacial score (nSPS) is 15.0. The lowest BCUT2D eigenvalue weighted by atomic mass is 10.2. The van der Waals surface area contributed by atoms with Crippen LogP contribution in [-0.2, 0) is 0 Å². The number of hydrogen-bond acceptors (Lipinski definition) is 6. The van der Waals surface area contributed by atoms with Gasteiger partial charge in [-0.15, -0.1) is 0 Å². The smallest absolute Gasteiger partial charge is 0.158 e. The lowest BCUT2D eigenvalue weighted by Gasteiger charge is -2.36. The standard InChI is InChI=1S/C14H17N7/c15-13(16)12-14(19-6-5-18-12)21-9-7-20(8-10-21)11-3-1-2-4-17-11/h1-6H,7-10H2,(H3,15,16). The molecule has 3 heterocycles. The zero-order valence-corrected chi connectivity index (χ0v) is 11.6. The van der Waals surface area contributed by atoms with Gasteiger partial charge >= 0.3 is 0 Å². The summed E-state index contributed by atoms with van der Waals surface area (Å²) in [6, 6.07) is 5.92. The molecule has 0 radical (unpaired) electrons. The fourth-order valence-electron chi connectivity index (χ4n) is 2.44. The van der Waals surface area contributed by atoms with Crippen molar-refractivity contribution in [2.75, 3.05) is 36.0 Å². The van der Waals surface area contributed by atoms with Gasteiger partial charge in [-0.1, -0.05) is 6.07 Å². The van der Waals surface area contributed by atoms with Crippen LogP contribution in [0, 0.1) is 5.41 Å². The summed E-state index contributed by atoms with van der Waals surface area (Å²) in [6.45, 7) is 3.31. The van der Waals surface area contributed by atoms with Crippen molar-refractivity contribution < 1.29 is 0 Å². The Labute approximate surface area is 123 Å². The molecule has 0 bridgehead atoms. The maximum absolute atomic E-state index is 7.60. The zero-order chi connectivity index (χ0) is 14.7. The molecule has 2 aromatic heterocycles. The van der Waals surface area contributed by atoms with E-state index in [4.69, 9.17) is 11.1 Å². The maximum Gasteiger partial charge on any atom is 0.158 e. The topological polar surface area (TPSA) is 95.0 Å². The third kappa shape index (κ3) is 2.76. The average molecular weight is 283 g/mol. The highest BCUT2D eigenvalue weighted by atomic mass is 15.3. The van der Waals surface area contributed by atoms with E-state index in [2.05, 4.69) is 24.8 Å². The largest absolute Gasteiger partial charge is 0.382 e. The second kappa shape index (κ2) is 5.74. The Balaban J connectivity index is 1.73. The second-order valence-corrected chi connectivity index (χ2v) is 4.80. The molecule has 21 heavy (non-hydrogen) atoms. The predicted molar refractivity (Wildman–Crippen MR) is 81.7 cm³/mol. The summed E-state index contributed by atoms with van der Waals surface area (Å²) in [5.74, 6) is 1.62. The van der Waals surface area contributed by atoms with Gasteiger partial charge in [-0.25, -0.2) is 15.0 Å². The van der Waals surface area contributed by atoms with Crippen molar-refractivity contribution in [3.8, 4) is 0 Å². The first-order valence-corrected chi connectivity index (χ1v) is 6.82. The van der Waals surface area contributed by atoms with Crippen molar-refractivity contribution in [3.05, 3.63) is 42.5 Å². The van der Waals surface area contributed by atoms with Gasteiger partial charge in [0.1, 0.15) is 17.3 Å². The molecule has 1 aliphatic rings. The molecule has 0 atom stereocenters. The van der Waals surface area contributed by atoms with Gasteiger partial charge in [0, 0.05) is 44.8 Å². The van der Waals surface area contributed by atoms with Crippen LogP contribution in [0.2, 0.25) is 0 Å². The Bertz CT molecular complexity index is 620. The zero-order valence-electron chi connectivity index (χ0n) is 11.6. The van der Waals surface area contributed by atoms with Crippen molar-refractivity contribution in [1.29, 1.82) is 5.41 Å².